The number of nitrogens with one attached hydrogen (secondary N) is 2. The van der Waals surface area contributed by atoms with Crippen molar-refractivity contribution in [2.24, 2.45) is 5.10 Å². The summed E-state index contributed by atoms with van der Waals surface area (Å²) >= 11 is 1.51. The Kier molecular flexibility index (Phi) is 4.15. The van der Waals surface area contributed by atoms with E-state index in [2.05, 4.69) is 20.8 Å². The van der Waals surface area contributed by atoms with Crippen molar-refractivity contribution in [1.29, 1.82) is 0 Å². The number of aryl methyl sites for hydroxylation is 1. The Balaban J connectivity index is 1.50. The predicted octanol–water partition coefficient (Wildman–Crippen LogP) is 2.76. The van der Waals surface area contributed by atoms with Gasteiger partial charge in [-0.1, -0.05) is 23.5 Å². The van der Waals surface area contributed by atoms with Crippen LogP contribution in [0.15, 0.2) is 45.9 Å². The first-order chi connectivity index (χ1) is 10.7. The molecule has 0 unspecified atom stereocenters. The maximum Gasteiger partial charge on any atom is 0.259 e. The van der Waals surface area contributed by atoms with Crippen LogP contribution >= 0.6 is 11.3 Å². The molecule has 0 fully saturated rings. The van der Waals surface area contributed by atoms with Crippen LogP contribution in [0.4, 0.5) is 5.13 Å². The highest BCUT2D eigenvalue weighted by Crippen LogP contribution is 2.24. The van der Waals surface area contributed by atoms with Crippen LogP contribution in [0.5, 0.6) is 0 Å². The van der Waals surface area contributed by atoms with E-state index in [1.165, 1.54) is 17.6 Å². The second-order valence-electron chi connectivity index (χ2n) is 4.58. The van der Waals surface area contributed by atoms with Gasteiger partial charge in [0.05, 0.1) is 23.0 Å². The van der Waals surface area contributed by atoms with Gasteiger partial charge in [0.2, 0.25) is 0 Å². The second kappa shape index (κ2) is 6.40. The lowest BCUT2D eigenvalue weighted by Gasteiger charge is -2.00. The van der Waals surface area contributed by atoms with E-state index < -0.39 is 0 Å². The zero-order valence-corrected chi connectivity index (χ0v) is 12.7. The summed E-state index contributed by atoms with van der Waals surface area (Å²) in [5, 5.41) is 7.53. The number of aromatic nitrogens is 1. The van der Waals surface area contributed by atoms with Crippen LogP contribution in [-0.2, 0) is 4.79 Å². The smallest absolute Gasteiger partial charge is 0.259 e. The van der Waals surface area contributed by atoms with Gasteiger partial charge in [-0.25, -0.2) is 10.4 Å². The number of hydrogen-bond donors (Lipinski definition) is 2. The van der Waals surface area contributed by atoms with Crippen LogP contribution in [0.2, 0.25) is 0 Å². The lowest BCUT2D eigenvalue weighted by Crippen LogP contribution is -2.25. The van der Waals surface area contributed by atoms with Gasteiger partial charge in [-0.2, -0.15) is 5.10 Å². The maximum absolute atomic E-state index is 11.7. The van der Waals surface area contributed by atoms with Gasteiger partial charge in [-0.3, -0.25) is 4.79 Å². The van der Waals surface area contributed by atoms with E-state index >= 15 is 0 Å². The van der Waals surface area contributed by atoms with Gasteiger partial charge in [-0.15, -0.1) is 0 Å². The molecule has 22 heavy (non-hydrogen) atoms. The normalized spacial score (nSPS) is 11.1. The summed E-state index contributed by atoms with van der Waals surface area (Å²) in [6.45, 7) is 1.95. The molecule has 0 aliphatic heterocycles. The van der Waals surface area contributed by atoms with Crippen LogP contribution in [-0.4, -0.2) is 23.7 Å². The summed E-state index contributed by atoms with van der Waals surface area (Å²) < 4.78 is 6.38. The average molecular weight is 314 g/mol. The quantitative estimate of drug-likeness (QED) is 0.560. The Morgan fingerprint density at radius 1 is 1.36 bits per heavy atom. The number of amides is 1. The van der Waals surface area contributed by atoms with Crippen LogP contribution < -0.4 is 10.7 Å². The van der Waals surface area contributed by atoms with Crippen molar-refractivity contribution in [3.63, 3.8) is 0 Å². The summed E-state index contributed by atoms with van der Waals surface area (Å²) in [6, 6.07) is 11.4. The molecule has 0 radical (unpaired) electrons. The molecule has 7 heteroatoms. The lowest BCUT2D eigenvalue weighted by molar-refractivity contribution is -0.119. The molecule has 0 aliphatic rings. The van der Waals surface area contributed by atoms with Gasteiger partial charge in [0.25, 0.3) is 5.91 Å². The van der Waals surface area contributed by atoms with E-state index in [0.29, 0.717) is 10.9 Å². The third-order valence-electron chi connectivity index (χ3n) is 2.84. The number of rotatable bonds is 5. The summed E-state index contributed by atoms with van der Waals surface area (Å²) in [6.07, 6.45) is 1.46. The lowest BCUT2D eigenvalue weighted by atomic mass is 10.3. The number of nitrogens with zero attached hydrogens (tertiary/aromatic N) is 2. The van der Waals surface area contributed by atoms with Crippen molar-refractivity contribution in [3.8, 4) is 0 Å². The molecule has 3 rings (SSSR count). The number of hydrazone groups is 1. The molecule has 2 N–H and O–H groups in total. The molecule has 0 saturated heterocycles. The molecule has 1 amide bonds. The monoisotopic (exact) mass is 314 g/mol. The number of fused-ring (bicyclic) bond motifs is 1. The number of hydrogen-bond acceptors (Lipinski definition) is 6. The Hall–Kier alpha value is -2.67. The molecule has 6 nitrogen and oxygen atoms in total. The van der Waals surface area contributed by atoms with Crippen molar-refractivity contribution >= 4 is 38.8 Å². The first-order valence-electron chi connectivity index (χ1n) is 6.68. The standard InChI is InChI=1S/C15H14N4O2S/c1-10-6-7-11(21-10)8-17-19-14(20)9-16-15-18-12-4-2-3-5-13(12)22-15/h2-8H,9H2,1H3,(H,16,18)(H,19,20)/b17-8-. The van der Waals surface area contributed by atoms with Gasteiger partial charge in [0.1, 0.15) is 11.5 Å². The Labute approximate surface area is 130 Å². The molecule has 0 aliphatic carbocycles. The fourth-order valence-electron chi connectivity index (χ4n) is 1.83. The Morgan fingerprint density at radius 2 is 2.23 bits per heavy atom. The SMILES string of the molecule is Cc1ccc(/C=N\NC(=O)CNc2nc3ccccc3s2)o1. The van der Waals surface area contributed by atoms with Gasteiger partial charge in [0, 0.05) is 0 Å². The molecular weight excluding hydrogens is 300 g/mol. The van der Waals surface area contributed by atoms with Gasteiger partial charge in [-0.05, 0) is 31.2 Å². The fraction of sp³-hybridized carbons (Fsp3) is 0.133. The number of anilines is 1. The van der Waals surface area contributed by atoms with E-state index in [1.807, 2.05) is 37.3 Å². The van der Waals surface area contributed by atoms with Crippen molar-refractivity contribution in [3.05, 3.63) is 47.9 Å². The molecule has 3 aromatic rings. The highest BCUT2D eigenvalue weighted by molar-refractivity contribution is 7.22. The topological polar surface area (TPSA) is 79.5 Å². The van der Waals surface area contributed by atoms with E-state index in [-0.39, 0.29) is 12.5 Å². The molecule has 0 spiro atoms. The number of thiazole rings is 1. The first kappa shape index (κ1) is 14.3. The minimum absolute atomic E-state index is 0.106. The highest BCUT2D eigenvalue weighted by atomic mass is 32.1. The summed E-state index contributed by atoms with van der Waals surface area (Å²) in [4.78, 5) is 16.1. The molecular formula is C15H14N4O2S. The largest absolute Gasteiger partial charge is 0.460 e. The fourth-order valence-corrected chi connectivity index (χ4v) is 2.70. The number of carbonyl (C=O) groups excluding carboxylic acids is 1. The zero-order chi connectivity index (χ0) is 15.4. The van der Waals surface area contributed by atoms with Crippen LogP contribution in [0.3, 0.4) is 0 Å². The number of para-hydroxylation sites is 1. The molecule has 2 heterocycles. The van der Waals surface area contributed by atoms with Crippen molar-refractivity contribution < 1.29 is 9.21 Å². The maximum atomic E-state index is 11.7. The third-order valence-corrected chi connectivity index (χ3v) is 3.83. The van der Waals surface area contributed by atoms with Gasteiger partial charge < -0.3 is 9.73 Å². The predicted molar refractivity (Wildman–Crippen MR) is 87.3 cm³/mol. The molecule has 0 bridgehead atoms. The number of benzene rings is 1. The first-order valence-corrected chi connectivity index (χ1v) is 7.50. The van der Waals surface area contributed by atoms with E-state index in [0.717, 1.165) is 16.0 Å². The minimum Gasteiger partial charge on any atom is -0.460 e. The van der Waals surface area contributed by atoms with Crippen LogP contribution in [0.25, 0.3) is 10.2 Å². The van der Waals surface area contributed by atoms with Crippen LogP contribution in [0, 0.1) is 6.92 Å². The molecule has 0 atom stereocenters. The zero-order valence-electron chi connectivity index (χ0n) is 11.9. The molecule has 0 saturated carbocycles. The second-order valence-corrected chi connectivity index (χ2v) is 5.61. The van der Waals surface area contributed by atoms with Crippen LogP contribution in [0.1, 0.15) is 11.5 Å². The molecule has 2 aromatic heterocycles. The number of furan rings is 1. The molecule has 112 valence electrons. The average Bonchev–Trinajstić information content (AvgIpc) is 3.11. The number of carbonyl (C=O) groups is 1. The van der Waals surface area contributed by atoms with E-state index in [9.17, 15) is 4.79 Å². The Bertz CT molecular complexity index is 789. The Morgan fingerprint density at radius 3 is 3.00 bits per heavy atom. The van der Waals surface area contributed by atoms with Gasteiger partial charge >= 0.3 is 0 Å². The van der Waals surface area contributed by atoms with Gasteiger partial charge in [0.15, 0.2) is 5.13 Å². The van der Waals surface area contributed by atoms with Crippen molar-refractivity contribution in [1.82, 2.24) is 10.4 Å². The summed E-state index contributed by atoms with van der Waals surface area (Å²) in [5.74, 6) is 1.14. The van der Waals surface area contributed by atoms with E-state index in [4.69, 9.17) is 4.42 Å². The van der Waals surface area contributed by atoms with Crippen molar-refractivity contribution in [2.75, 3.05) is 11.9 Å². The molecule has 1 aromatic carbocycles. The minimum atomic E-state index is -0.251. The summed E-state index contributed by atoms with van der Waals surface area (Å²) in [5.41, 5.74) is 3.35. The van der Waals surface area contributed by atoms with Crippen molar-refractivity contribution in [2.45, 2.75) is 6.92 Å². The summed E-state index contributed by atoms with van der Waals surface area (Å²) in [7, 11) is 0. The third kappa shape index (κ3) is 3.50. The van der Waals surface area contributed by atoms with E-state index in [1.54, 1.807) is 6.07 Å². The highest BCUT2D eigenvalue weighted by Gasteiger charge is 2.05.